The van der Waals surface area contributed by atoms with Gasteiger partial charge >= 0.3 is 0 Å². The van der Waals surface area contributed by atoms with Crippen LogP contribution in [-0.2, 0) is 4.79 Å². The van der Waals surface area contributed by atoms with Crippen molar-refractivity contribution in [2.45, 2.75) is 19.4 Å². The molecule has 0 aliphatic heterocycles. The summed E-state index contributed by atoms with van der Waals surface area (Å²) in [6, 6.07) is 21.1. The van der Waals surface area contributed by atoms with Gasteiger partial charge in [-0.3, -0.25) is 4.79 Å². The molecule has 1 unspecified atom stereocenters. The van der Waals surface area contributed by atoms with Crippen LogP contribution in [0, 0.1) is 0 Å². The van der Waals surface area contributed by atoms with Gasteiger partial charge in [0.15, 0.2) is 6.10 Å². The van der Waals surface area contributed by atoms with Gasteiger partial charge in [-0.2, -0.15) is 0 Å². The summed E-state index contributed by atoms with van der Waals surface area (Å²) in [6.45, 7) is 1.93. The maximum Gasteiger partial charge on any atom is 0.265 e. The quantitative estimate of drug-likeness (QED) is 0.713. The number of carbonyl (C=O) groups is 1. The lowest BCUT2D eigenvalue weighted by Gasteiger charge is -2.18. The van der Waals surface area contributed by atoms with Crippen molar-refractivity contribution in [3.8, 4) is 11.5 Å². The van der Waals surface area contributed by atoms with E-state index >= 15 is 0 Å². The van der Waals surface area contributed by atoms with E-state index in [0.717, 1.165) is 22.3 Å². The third-order valence-corrected chi connectivity index (χ3v) is 4.04. The van der Waals surface area contributed by atoms with E-state index in [4.69, 9.17) is 9.47 Å². The Balaban J connectivity index is 1.75. The predicted molar refractivity (Wildman–Crippen MR) is 100 cm³/mol. The van der Waals surface area contributed by atoms with Crippen LogP contribution >= 0.6 is 0 Å². The summed E-state index contributed by atoms with van der Waals surface area (Å²) in [7, 11) is 1.61. The summed E-state index contributed by atoms with van der Waals surface area (Å²) in [5.74, 6) is 1.30. The first kappa shape index (κ1) is 16.8. The van der Waals surface area contributed by atoms with Crippen molar-refractivity contribution in [1.82, 2.24) is 0 Å². The normalized spacial score (nSPS) is 11.8. The number of fused-ring (bicyclic) bond motifs is 1. The average molecular weight is 335 g/mol. The molecule has 25 heavy (non-hydrogen) atoms. The summed E-state index contributed by atoms with van der Waals surface area (Å²) < 4.78 is 11.1. The standard InChI is InChI=1S/C21H21NO3/c1-3-19(21(23)22-16-11-13-17(24-2)14-12-16)25-20-10-6-8-15-7-4-5-9-18(15)20/h4-14,19H,3H2,1-2H3,(H,22,23). The highest BCUT2D eigenvalue weighted by atomic mass is 16.5. The summed E-state index contributed by atoms with van der Waals surface area (Å²) in [4.78, 5) is 12.6. The lowest BCUT2D eigenvalue weighted by Crippen LogP contribution is -2.32. The highest BCUT2D eigenvalue weighted by Gasteiger charge is 2.19. The molecule has 1 N–H and O–H groups in total. The second kappa shape index (κ2) is 7.71. The maximum absolute atomic E-state index is 12.6. The number of benzene rings is 3. The first-order chi connectivity index (χ1) is 12.2. The van der Waals surface area contributed by atoms with Crippen LogP contribution in [-0.4, -0.2) is 19.1 Å². The smallest absolute Gasteiger partial charge is 0.265 e. The summed E-state index contributed by atoms with van der Waals surface area (Å²) in [5, 5.41) is 4.98. The van der Waals surface area contributed by atoms with Crippen LogP contribution in [0.4, 0.5) is 5.69 Å². The third-order valence-electron chi connectivity index (χ3n) is 4.04. The molecule has 0 heterocycles. The van der Waals surface area contributed by atoms with Crippen LogP contribution in [0.25, 0.3) is 10.8 Å². The highest BCUT2D eigenvalue weighted by molar-refractivity contribution is 5.95. The molecule has 4 heteroatoms. The molecule has 0 saturated heterocycles. The van der Waals surface area contributed by atoms with Crippen LogP contribution in [0.5, 0.6) is 11.5 Å². The topological polar surface area (TPSA) is 47.6 Å². The van der Waals surface area contributed by atoms with Crippen molar-refractivity contribution in [2.75, 3.05) is 12.4 Å². The molecule has 3 aromatic rings. The Bertz CT molecular complexity index is 853. The molecule has 3 aromatic carbocycles. The molecule has 4 nitrogen and oxygen atoms in total. The van der Waals surface area contributed by atoms with E-state index in [1.807, 2.05) is 61.5 Å². The molecular weight excluding hydrogens is 314 g/mol. The van der Waals surface area contributed by atoms with Crippen LogP contribution in [0.3, 0.4) is 0 Å². The molecule has 1 amide bonds. The number of hydrogen-bond acceptors (Lipinski definition) is 3. The fourth-order valence-electron chi connectivity index (χ4n) is 2.67. The van der Waals surface area contributed by atoms with E-state index < -0.39 is 6.10 Å². The van der Waals surface area contributed by atoms with Gasteiger partial charge in [-0.05, 0) is 42.1 Å². The van der Waals surface area contributed by atoms with Gasteiger partial charge in [0.1, 0.15) is 11.5 Å². The molecule has 0 radical (unpaired) electrons. The lowest BCUT2D eigenvalue weighted by atomic mass is 10.1. The van der Waals surface area contributed by atoms with Gasteiger partial charge in [0, 0.05) is 11.1 Å². The van der Waals surface area contributed by atoms with Crippen molar-refractivity contribution in [3.63, 3.8) is 0 Å². The van der Waals surface area contributed by atoms with Gasteiger partial charge in [0.25, 0.3) is 5.91 Å². The number of hydrogen-bond donors (Lipinski definition) is 1. The predicted octanol–water partition coefficient (Wildman–Crippen LogP) is 4.64. The number of rotatable bonds is 6. The summed E-state index contributed by atoms with van der Waals surface area (Å²) >= 11 is 0. The van der Waals surface area contributed by atoms with E-state index in [-0.39, 0.29) is 5.91 Å². The lowest BCUT2D eigenvalue weighted by molar-refractivity contribution is -0.122. The average Bonchev–Trinajstić information content (AvgIpc) is 2.66. The molecule has 0 fully saturated rings. The number of anilines is 1. The first-order valence-electron chi connectivity index (χ1n) is 8.30. The molecule has 128 valence electrons. The van der Waals surface area contributed by atoms with Gasteiger partial charge in [0.2, 0.25) is 0 Å². The molecular formula is C21H21NO3. The summed E-state index contributed by atoms with van der Waals surface area (Å²) in [6.07, 6.45) is 0.0125. The first-order valence-corrected chi connectivity index (χ1v) is 8.30. The molecule has 0 aliphatic rings. The van der Waals surface area contributed by atoms with Gasteiger partial charge < -0.3 is 14.8 Å². The Kier molecular flexibility index (Phi) is 5.19. The Hall–Kier alpha value is -3.01. The van der Waals surface area contributed by atoms with Crippen molar-refractivity contribution >= 4 is 22.4 Å². The highest BCUT2D eigenvalue weighted by Crippen LogP contribution is 2.27. The third kappa shape index (κ3) is 3.91. The Morgan fingerprint density at radius 2 is 1.72 bits per heavy atom. The molecule has 0 bridgehead atoms. The second-order valence-electron chi connectivity index (χ2n) is 5.71. The molecule has 1 atom stereocenters. The van der Waals surface area contributed by atoms with Crippen molar-refractivity contribution < 1.29 is 14.3 Å². The van der Waals surface area contributed by atoms with E-state index in [1.165, 1.54) is 0 Å². The maximum atomic E-state index is 12.6. The van der Waals surface area contributed by atoms with Crippen molar-refractivity contribution in [2.24, 2.45) is 0 Å². The van der Waals surface area contributed by atoms with Crippen LogP contribution in [0.15, 0.2) is 66.7 Å². The second-order valence-corrected chi connectivity index (χ2v) is 5.71. The minimum atomic E-state index is -0.562. The van der Waals surface area contributed by atoms with Gasteiger partial charge in [-0.15, -0.1) is 0 Å². The van der Waals surface area contributed by atoms with Crippen LogP contribution in [0.2, 0.25) is 0 Å². The van der Waals surface area contributed by atoms with E-state index in [1.54, 1.807) is 19.2 Å². The number of ether oxygens (including phenoxy) is 2. The fraction of sp³-hybridized carbons (Fsp3) is 0.190. The monoisotopic (exact) mass is 335 g/mol. The zero-order valence-corrected chi connectivity index (χ0v) is 14.4. The van der Waals surface area contributed by atoms with E-state index in [9.17, 15) is 4.79 Å². The van der Waals surface area contributed by atoms with Crippen molar-refractivity contribution in [1.29, 1.82) is 0 Å². The fourth-order valence-corrected chi connectivity index (χ4v) is 2.67. The number of methoxy groups -OCH3 is 1. The SMILES string of the molecule is CCC(Oc1cccc2ccccc12)C(=O)Nc1ccc(OC)cc1. The Labute approximate surface area is 147 Å². The Morgan fingerprint density at radius 3 is 2.44 bits per heavy atom. The minimum Gasteiger partial charge on any atom is -0.497 e. The van der Waals surface area contributed by atoms with Gasteiger partial charge in [-0.1, -0.05) is 43.3 Å². The van der Waals surface area contributed by atoms with Crippen LogP contribution < -0.4 is 14.8 Å². The van der Waals surface area contributed by atoms with E-state index in [0.29, 0.717) is 12.1 Å². The zero-order chi connectivity index (χ0) is 17.6. The molecule has 0 spiro atoms. The molecule has 0 aliphatic carbocycles. The number of nitrogens with one attached hydrogen (secondary N) is 1. The Morgan fingerprint density at radius 1 is 1.00 bits per heavy atom. The minimum absolute atomic E-state index is 0.166. The van der Waals surface area contributed by atoms with Crippen molar-refractivity contribution in [3.05, 3.63) is 66.7 Å². The van der Waals surface area contributed by atoms with Gasteiger partial charge in [-0.25, -0.2) is 0 Å². The largest absolute Gasteiger partial charge is 0.497 e. The van der Waals surface area contributed by atoms with Gasteiger partial charge in [0.05, 0.1) is 7.11 Å². The number of amides is 1. The molecule has 3 rings (SSSR count). The molecule has 0 saturated carbocycles. The number of carbonyl (C=O) groups excluding carboxylic acids is 1. The zero-order valence-electron chi connectivity index (χ0n) is 14.4. The van der Waals surface area contributed by atoms with E-state index in [2.05, 4.69) is 5.32 Å². The summed E-state index contributed by atoms with van der Waals surface area (Å²) in [5.41, 5.74) is 0.714. The molecule has 0 aromatic heterocycles. The van der Waals surface area contributed by atoms with Crippen LogP contribution in [0.1, 0.15) is 13.3 Å².